The van der Waals surface area contributed by atoms with Crippen LogP contribution < -0.4 is 0 Å². The summed E-state index contributed by atoms with van der Waals surface area (Å²) in [6, 6.07) is 3.71. The van der Waals surface area contributed by atoms with Crippen LogP contribution in [0.2, 0.25) is 0 Å². The Hall–Kier alpha value is -1.40. The molecule has 122 valence electrons. The fraction of sp³-hybridized carbons (Fsp3) is 0.625. The number of aliphatic hydroxyl groups excluding tert-OH is 1. The maximum Gasteiger partial charge on any atom is 0.263 e. The van der Waals surface area contributed by atoms with Crippen LogP contribution in [0.15, 0.2) is 17.5 Å². The van der Waals surface area contributed by atoms with Crippen LogP contribution in [-0.4, -0.2) is 59.0 Å². The van der Waals surface area contributed by atoms with Crippen molar-refractivity contribution in [3.63, 3.8) is 0 Å². The average Bonchev–Trinajstić information content (AvgIpc) is 2.90. The highest BCUT2D eigenvalue weighted by atomic mass is 32.1. The number of thiophene rings is 1. The van der Waals surface area contributed by atoms with Gasteiger partial charge in [-0.15, -0.1) is 11.3 Å². The van der Waals surface area contributed by atoms with Gasteiger partial charge in [0.15, 0.2) is 0 Å². The molecule has 0 spiro atoms. The molecule has 5 nitrogen and oxygen atoms in total. The highest BCUT2D eigenvalue weighted by Crippen LogP contribution is 2.15. The first-order chi connectivity index (χ1) is 10.5. The molecule has 0 saturated carbocycles. The second-order valence-electron chi connectivity index (χ2n) is 6.02. The van der Waals surface area contributed by atoms with Crippen LogP contribution in [0.5, 0.6) is 0 Å². The van der Waals surface area contributed by atoms with E-state index < -0.39 is 6.10 Å². The predicted octanol–water partition coefficient (Wildman–Crippen LogP) is 1.83. The summed E-state index contributed by atoms with van der Waals surface area (Å²) < 4.78 is 0. The molecule has 1 atom stereocenters. The first kappa shape index (κ1) is 17.0. The monoisotopic (exact) mass is 324 g/mol. The summed E-state index contributed by atoms with van der Waals surface area (Å²) >= 11 is 1.45. The van der Waals surface area contributed by atoms with E-state index in [1.807, 2.05) is 36.3 Å². The van der Waals surface area contributed by atoms with Crippen LogP contribution in [0, 0.1) is 5.92 Å². The average molecular weight is 324 g/mol. The van der Waals surface area contributed by atoms with Crippen LogP contribution >= 0.6 is 11.3 Å². The Bertz CT molecular complexity index is 501. The molecule has 0 aliphatic carbocycles. The maximum atomic E-state index is 12.4. The minimum absolute atomic E-state index is 0.0216. The van der Waals surface area contributed by atoms with Crippen LogP contribution in [0.4, 0.5) is 0 Å². The van der Waals surface area contributed by atoms with E-state index in [-0.39, 0.29) is 24.2 Å². The molecule has 0 bridgehead atoms. The lowest BCUT2D eigenvalue weighted by Crippen LogP contribution is -2.38. The van der Waals surface area contributed by atoms with Crippen molar-refractivity contribution < 1.29 is 14.7 Å². The van der Waals surface area contributed by atoms with Gasteiger partial charge < -0.3 is 14.9 Å². The van der Waals surface area contributed by atoms with Crippen molar-refractivity contribution in [2.75, 3.05) is 26.2 Å². The molecule has 1 unspecified atom stereocenters. The minimum Gasteiger partial charge on any atom is -0.392 e. The van der Waals surface area contributed by atoms with Gasteiger partial charge in [-0.05, 0) is 23.8 Å². The van der Waals surface area contributed by atoms with E-state index >= 15 is 0 Å². The lowest BCUT2D eigenvalue weighted by molar-refractivity contribution is -0.133. The van der Waals surface area contributed by atoms with Crippen LogP contribution in [-0.2, 0) is 4.79 Å². The number of hydrogen-bond acceptors (Lipinski definition) is 4. The van der Waals surface area contributed by atoms with Crippen molar-refractivity contribution in [2.45, 2.75) is 32.8 Å². The van der Waals surface area contributed by atoms with Crippen LogP contribution in [0.25, 0.3) is 0 Å². The summed E-state index contributed by atoms with van der Waals surface area (Å²) in [5, 5.41) is 11.7. The van der Waals surface area contributed by atoms with Crippen molar-refractivity contribution in [2.24, 2.45) is 5.92 Å². The normalized spacial score (nSPS) is 17.5. The first-order valence-corrected chi connectivity index (χ1v) is 8.65. The third-order valence-electron chi connectivity index (χ3n) is 4.02. The van der Waals surface area contributed by atoms with E-state index in [2.05, 4.69) is 0 Å². The third kappa shape index (κ3) is 4.30. The van der Waals surface area contributed by atoms with Crippen LogP contribution in [0.1, 0.15) is 36.4 Å². The third-order valence-corrected chi connectivity index (χ3v) is 4.88. The van der Waals surface area contributed by atoms with Crippen molar-refractivity contribution in [3.8, 4) is 0 Å². The van der Waals surface area contributed by atoms with E-state index in [0.29, 0.717) is 26.2 Å². The molecule has 1 N–H and O–H groups in total. The summed E-state index contributed by atoms with van der Waals surface area (Å²) in [5.41, 5.74) is 0. The zero-order chi connectivity index (χ0) is 16.1. The van der Waals surface area contributed by atoms with E-state index in [1.165, 1.54) is 11.3 Å². The standard InChI is InChI=1S/C16H24N2O3S/c1-12(2)13(19)11-15(20)17-6-4-7-18(9-8-17)16(21)14-5-3-10-22-14/h3,5,10,12-13,19H,4,6-9,11H2,1-2H3. The molecule has 2 rings (SSSR count). The van der Waals surface area contributed by atoms with E-state index in [0.717, 1.165) is 11.3 Å². The molecule has 2 heterocycles. The Balaban J connectivity index is 1.89. The Kier molecular flexibility index (Phi) is 5.97. The summed E-state index contributed by atoms with van der Waals surface area (Å²) in [6.45, 7) is 6.23. The Morgan fingerprint density at radius 3 is 2.55 bits per heavy atom. The summed E-state index contributed by atoms with van der Waals surface area (Å²) in [6.07, 6.45) is 0.344. The molecule has 1 fully saturated rings. The highest BCUT2D eigenvalue weighted by Gasteiger charge is 2.25. The summed E-state index contributed by atoms with van der Waals surface area (Å²) in [7, 11) is 0. The summed E-state index contributed by atoms with van der Waals surface area (Å²) in [5.74, 6) is 0.103. The smallest absolute Gasteiger partial charge is 0.263 e. The maximum absolute atomic E-state index is 12.4. The SMILES string of the molecule is CC(C)C(O)CC(=O)N1CCCN(C(=O)c2cccs2)CC1. The molecular weight excluding hydrogens is 300 g/mol. The Labute approximate surface area is 135 Å². The van der Waals surface area contributed by atoms with E-state index in [4.69, 9.17) is 0 Å². The fourth-order valence-electron chi connectivity index (χ4n) is 2.47. The molecule has 2 amide bonds. The zero-order valence-electron chi connectivity index (χ0n) is 13.2. The van der Waals surface area contributed by atoms with Gasteiger partial charge >= 0.3 is 0 Å². The van der Waals surface area contributed by atoms with Gasteiger partial charge in [-0.2, -0.15) is 0 Å². The van der Waals surface area contributed by atoms with Gasteiger partial charge in [0.25, 0.3) is 5.91 Å². The second-order valence-corrected chi connectivity index (χ2v) is 6.97. The van der Waals surface area contributed by atoms with Crippen molar-refractivity contribution in [3.05, 3.63) is 22.4 Å². The molecular formula is C16H24N2O3S. The van der Waals surface area contributed by atoms with Gasteiger partial charge in [0.05, 0.1) is 17.4 Å². The molecule has 0 aromatic carbocycles. The van der Waals surface area contributed by atoms with Crippen molar-refractivity contribution >= 4 is 23.2 Å². The molecule has 1 aromatic rings. The van der Waals surface area contributed by atoms with Gasteiger partial charge in [-0.1, -0.05) is 19.9 Å². The molecule has 1 aliphatic heterocycles. The van der Waals surface area contributed by atoms with E-state index in [9.17, 15) is 14.7 Å². The highest BCUT2D eigenvalue weighted by molar-refractivity contribution is 7.12. The number of amides is 2. The van der Waals surface area contributed by atoms with Crippen LogP contribution in [0.3, 0.4) is 0 Å². The number of carbonyl (C=O) groups is 2. The van der Waals surface area contributed by atoms with Gasteiger partial charge in [-0.25, -0.2) is 0 Å². The quantitative estimate of drug-likeness (QED) is 0.919. The molecule has 1 saturated heterocycles. The number of rotatable bonds is 4. The summed E-state index contributed by atoms with van der Waals surface area (Å²) in [4.78, 5) is 28.9. The minimum atomic E-state index is -0.598. The molecule has 1 aliphatic rings. The van der Waals surface area contributed by atoms with Gasteiger partial charge in [0.2, 0.25) is 5.91 Å². The number of aliphatic hydroxyl groups is 1. The van der Waals surface area contributed by atoms with Gasteiger partial charge in [0, 0.05) is 26.2 Å². The fourth-order valence-corrected chi connectivity index (χ4v) is 3.16. The predicted molar refractivity (Wildman–Crippen MR) is 86.9 cm³/mol. The Morgan fingerprint density at radius 2 is 1.91 bits per heavy atom. The molecule has 22 heavy (non-hydrogen) atoms. The van der Waals surface area contributed by atoms with Crippen molar-refractivity contribution in [1.29, 1.82) is 0 Å². The topological polar surface area (TPSA) is 60.9 Å². The van der Waals surface area contributed by atoms with Gasteiger partial charge in [-0.3, -0.25) is 9.59 Å². The number of hydrogen-bond donors (Lipinski definition) is 1. The van der Waals surface area contributed by atoms with E-state index in [1.54, 1.807) is 4.90 Å². The van der Waals surface area contributed by atoms with Gasteiger partial charge in [0.1, 0.15) is 0 Å². The lowest BCUT2D eigenvalue weighted by atomic mass is 10.0. The Morgan fingerprint density at radius 1 is 1.23 bits per heavy atom. The van der Waals surface area contributed by atoms with Crippen molar-refractivity contribution in [1.82, 2.24) is 9.80 Å². The largest absolute Gasteiger partial charge is 0.392 e. The molecule has 6 heteroatoms. The first-order valence-electron chi connectivity index (χ1n) is 7.77. The number of carbonyl (C=O) groups excluding carboxylic acids is 2. The second kappa shape index (κ2) is 7.74. The molecule has 0 radical (unpaired) electrons. The number of nitrogens with zero attached hydrogens (tertiary/aromatic N) is 2. The zero-order valence-corrected chi connectivity index (χ0v) is 14.0. The molecule has 1 aromatic heterocycles. The lowest BCUT2D eigenvalue weighted by Gasteiger charge is -2.23.